The highest BCUT2D eigenvalue weighted by Crippen LogP contribution is 2.29. The molecule has 1 aromatic heterocycles. The van der Waals surface area contributed by atoms with Crippen LogP contribution in [0.4, 0.5) is 4.39 Å². The second-order valence-corrected chi connectivity index (χ2v) is 4.57. The van der Waals surface area contributed by atoms with Crippen molar-refractivity contribution in [3.05, 3.63) is 34.4 Å². The Bertz CT molecular complexity index is 530. The Morgan fingerprint density at radius 2 is 2.22 bits per heavy atom. The molecule has 18 heavy (non-hydrogen) atoms. The smallest absolute Gasteiger partial charge is 0.249 e. The predicted molar refractivity (Wildman–Crippen MR) is 69.4 cm³/mol. The molecule has 2 rings (SSSR count). The number of halogens is 2. The van der Waals surface area contributed by atoms with Crippen LogP contribution in [0.5, 0.6) is 0 Å². The van der Waals surface area contributed by atoms with Gasteiger partial charge >= 0.3 is 0 Å². The van der Waals surface area contributed by atoms with E-state index in [4.69, 9.17) is 4.42 Å². The molecule has 0 fully saturated rings. The van der Waals surface area contributed by atoms with Crippen molar-refractivity contribution < 1.29 is 8.81 Å². The van der Waals surface area contributed by atoms with E-state index in [1.165, 1.54) is 6.07 Å². The van der Waals surface area contributed by atoms with Gasteiger partial charge in [-0.05, 0) is 41.0 Å². The summed E-state index contributed by atoms with van der Waals surface area (Å²) in [6.45, 7) is 3.49. The van der Waals surface area contributed by atoms with E-state index in [1.54, 1.807) is 12.1 Å². The topological polar surface area (TPSA) is 51.0 Å². The van der Waals surface area contributed by atoms with Crippen molar-refractivity contribution >= 4 is 15.9 Å². The summed E-state index contributed by atoms with van der Waals surface area (Å²) in [6.07, 6.45) is 1.04. The molecule has 0 bridgehead atoms. The van der Waals surface area contributed by atoms with Crippen molar-refractivity contribution in [2.45, 2.75) is 19.9 Å². The third kappa shape index (κ3) is 2.94. The number of aromatic nitrogens is 2. The van der Waals surface area contributed by atoms with E-state index >= 15 is 0 Å². The van der Waals surface area contributed by atoms with Crippen molar-refractivity contribution in [1.29, 1.82) is 0 Å². The van der Waals surface area contributed by atoms with Crippen molar-refractivity contribution in [3.63, 3.8) is 0 Å². The maximum Gasteiger partial charge on any atom is 0.249 e. The highest BCUT2D eigenvalue weighted by molar-refractivity contribution is 9.10. The maximum absolute atomic E-state index is 13.4. The summed E-state index contributed by atoms with van der Waals surface area (Å²) in [5, 5.41) is 11.0. The number of hydrogen-bond donors (Lipinski definition) is 1. The van der Waals surface area contributed by atoms with Gasteiger partial charge in [0.1, 0.15) is 5.82 Å². The first-order valence-electron chi connectivity index (χ1n) is 5.70. The van der Waals surface area contributed by atoms with E-state index in [1.807, 2.05) is 0 Å². The van der Waals surface area contributed by atoms with Crippen LogP contribution >= 0.6 is 15.9 Å². The lowest BCUT2D eigenvalue weighted by atomic mass is 10.2. The molecule has 4 nitrogen and oxygen atoms in total. The molecule has 0 atom stereocenters. The number of nitrogens with zero attached hydrogens (tertiary/aromatic N) is 2. The number of hydrogen-bond acceptors (Lipinski definition) is 4. The Morgan fingerprint density at radius 1 is 1.39 bits per heavy atom. The Labute approximate surface area is 113 Å². The van der Waals surface area contributed by atoms with Crippen LogP contribution in [0.15, 0.2) is 27.1 Å². The third-order valence-corrected chi connectivity index (χ3v) is 3.16. The van der Waals surface area contributed by atoms with E-state index in [2.05, 4.69) is 38.4 Å². The monoisotopic (exact) mass is 313 g/mol. The summed E-state index contributed by atoms with van der Waals surface area (Å²) in [6, 6.07) is 4.70. The lowest BCUT2D eigenvalue weighted by Crippen LogP contribution is -2.13. The van der Waals surface area contributed by atoms with Gasteiger partial charge in [-0.2, -0.15) is 0 Å². The molecular formula is C12H13BrFN3O. The van der Waals surface area contributed by atoms with Gasteiger partial charge in [-0.25, -0.2) is 4.39 Å². The summed E-state index contributed by atoms with van der Waals surface area (Å²) in [4.78, 5) is 0. The predicted octanol–water partition coefficient (Wildman–Crippen LogP) is 3.14. The number of rotatable bonds is 5. The van der Waals surface area contributed by atoms with Crippen LogP contribution in [0.25, 0.3) is 11.5 Å². The minimum atomic E-state index is -0.351. The van der Waals surface area contributed by atoms with Crippen LogP contribution in [0, 0.1) is 5.82 Å². The highest BCUT2D eigenvalue weighted by Gasteiger charge is 2.13. The van der Waals surface area contributed by atoms with Crippen LogP contribution in [0.1, 0.15) is 19.2 Å². The zero-order chi connectivity index (χ0) is 13.0. The molecule has 0 saturated heterocycles. The van der Waals surface area contributed by atoms with E-state index in [9.17, 15) is 4.39 Å². The Morgan fingerprint density at radius 3 is 3.00 bits per heavy atom. The number of nitrogens with one attached hydrogen (secondary N) is 1. The van der Waals surface area contributed by atoms with E-state index in [0.717, 1.165) is 13.0 Å². The SMILES string of the molecule is CCCNCc1nnc(-c2cccc(F)c2Br)o1. The third-order valence-electron chi connectivity index (χ3n) is 2.35. The van der Waals surface area contributed by atoms with Crippen molar-refractivity contribution in [3.8, 4) is 11.5 Å². The van der Waals surface area contributed by atoms with Crippen LogP contribution in [-0.4, -0.2) is 16.7 Å². The Balaban J connectivity index is 2.16. The molecule has 1 aromatic carbocycles. The molecule has 0 spiro atoms. The number of benzene rings is 1. The van der Waals surface area contributed by atoms with E-state index < -0.39 is 0 Å². The quantitative estimate of drug-likeness (QED) is 0.862. The first-order valence-corrected chi connectivity index (χ1v) is 6.49. The van der Waals surface area contributed by atoms with Gasteiger partial charge in [0.05, 0.1) is 16.6 Å². The lowest BCUT2D eigenvalue weighted by molar-refractivity contribution is 0.477. The summed E-state index contributed by atoms with van der Waals surface area (Å²) < 4.78 is 19.2. The molecule has 0 amide bonds. The standard InChI is InChI=1S/C12H13BrFN3O/c1-2-6-15-7-10-16-17-12(18-10)8-4-3-5-9(14)11(8)13/h3-5,15H,2,6-7H2,1H3. The van der Waals surface area contributed by atoms with Gasteiger partial charge in [-0.1, -0.05) is 13.0 Å². The molecule has 0 radical (unpaired) electrons. The normalized spacial score (nSPS) is 10.8. The molecule has 2 aromatic rings. The van der Waals surface area contributed by atoms with Gasteiger partial charge in [-0.15, -0.1) is 10.2 Å². The van der Waals surface area contributed by atoms with Crippen LogP contribution < -0.4 is 5.32 Å². The zero-order valence-corrected chi connectivity index (χ0v) is 11.5. The van der Waals surface area contributed by atoms with Gasteiger partial charge in [0.25, 0.3) is 0 Å². The van der Waals surface area contributed by atoms with Gasteiger partial charge in [0, 0.05) is 0 Å². The van der Waals surface area contributed by atoms with E-state index in [0.29, 0.717) is 28.4 Å². The van der Waals surface area contributed by atoms with Gasteiger partial charge in [0.2, 0.25) is 11.8 Å². The summed E-state index contributed by atoms with van der Waals surface area (Å²) in [7, 11) is 0. The van der Waals surface area contributed by atoms with E-state index in [-0.39, 0.29) is 5.82 Å². The molecule has 6 heteroatoms. The van der Waals surface area contributed by atoms with Crippen LogP contribution in [0.3, 0.4) is 0 Å². The van der Waals surface area contributed by atoms with Crippen LogP contribution in [-0.2, 0) is 6.54 Å². The fraction of sp³-hybridized carbons (Fsp3) is 0.333. The van der Waals surface area contributed by atoms with Crippen molar-refractivity contribution in [2.75, 3.05) is 6.54 Å². The first-order chi connectivity index (χ1) is 8.72. The molecule has 96 valence electrons. The average molecular weight is 314 g/mol. The minimum Gasteiger partial charge on any atom is -0.419 e. The molecule has 0 aliphatic carbocycles. The molecule has 0 unspecified atom stereocenters. The summed E-state index contributed by atoms with van der Waals surface area (Å²) in [5.74, 6) is 0.459. The molecule has 1 N–H and O–H groups in total. The summed E-state index contributed by atoms with van der Waals surface area (Å²) in [5.41, 5.74) is 0.559. The molecule has 1 heterocycles. The molecule has 0 saturated carbocycles. The Hall–Kier alpha value is -1.27. The highest BCUT2D eigenvalue weighted by atomic mass is 79.9. The zero-order valence-electron chi connectivity index (χ0n) is 9.91. The second-order valence-electron chi connectivity index (χ2n) is 3.78. The average Bonchev–Trinajstić information content (AvgIpc) is 2.82. The molecular weight excluding hydrogens is 301 g/mol. The summed E-state index contributed by atoms with van der Waals surface area (Å²) >= 11 is 3.17. The minimum absolute atomic E-state index is 0.315. The fourth-order valence-electron chi connectivity index (χ4n) is 1.47. The first kappa shape index (κ1) is 13.2. The second kappa shape index (κ2) is 6.06. The largest absolute Gasteiger partial charge is 0.419 e. The van der Waals surface area contributed by atoms with Gasteiger partial charge in [-0.3, -0.25) is 0 Å². The maximum atomic E-state index is 13.4. The molecule has 0 aliphatic heterocycles. The molecule has 0 aliphatic rings. The fourth-order valence-corrected chi connectivity index (χ4v) is 1.91. The Kier molecular flexibility index (Phi) is 4.43. The van der Waals surface area contributed by atoms with Crippen LogP contribution in [0.2, 0.25) is 0 Å². The lowest BCUT2D eigenvalue weighted by Gasteiger charge is -2.00. The van der Waals surface area contributed by atoms with Gasteiger partial charge in [0.15, 0.2) is 0 Å². The van der Waals surface area contributed by atoms with Crippen molar-refractivity contribution in [1.82, 2.24) is 15.5 Å². The van der Waals surface area contributed by atoms with Gasteiger partial charge < -0.3 is 9.73 Å². The van der Waals surface area contributed by atoms with Crippen molar-refractivity contribution in [2.24, 2.45) is 0 Å².